The van der Waals surface area contributed by atoms with Gasteiger partial charge in [0.15, 0.2) is 0 Å². The largest absolute Gasteiger partial charge is 0.497 e. The summed E-state index contributed by atoms with van der Waals surface area (Å²) in [7, 11) is 4.94. The molecule has 0 spiro atoms. The highest BCUT2D eigenvalue weighted by molar-refractivity contribution is 5.67. The number of likely N-dealkylation sites (tertiary alicyclic amines) is 1. The second-order valence-corrected chi connectivity index (χ2v) is 13.2. The molecule has 1 amide bonds. The number of hydrogen-bond acceptors (Lipinski definition) is 13. The van der Waals surface area contributed by atoms with Gasteiger partial charge in [-0.2, -0.15) is 0 Å². The molecule has 14 nitrogen and oxygen atoms in total. The smallest absolute Gasteiger partial charge is 0.409 e. The van der Waals surface area contributed by atoms with Crippen molar-refractivity contribution in [3.05, 3.63) is 83.4 Å². The van der Waals surface area contributed by atoms with E-state index in [-0.39, 0.29) is 30.1 Å². The Hall–Kier alpha value is -4.15. The van der Waals surface area contributed by atoms with Gasteiger partial charge in [-0.15, -0.1) is 0 Å². The van der Waals surface area contributed by atoms with Crippen LogP contribution in [-0.4, -0.2) is 107 Å². The molecule has 304 valence electrons. The zero-order valence-corrected chi connectivity index (χ0v) is 32.4. The molecule has 2 N–H and O–H groups in total. The molecule has 1 aliphatic rings. The number of piperidine rings is 1. The Balaban J connectivity index is 1.32. The number of amides is 1. The van der Waals surface area contributed by atoms with Gasteiger partial charge in [0.05, 0.1) is 78.5 Å². The SMILES string of the molecule is COCCCOc1cc(COC2CN(C(=O)OCCCCCCON(O)O)CC[C@@H]2c2ccc(OCCCOCc3ccccc3OC)cc2)cc(OC)c1. The number of unbranched alkanes of at least 4 members (excludes halogenated alkanes) is 3. The Morgan fingerprint density at radius 3 is 2.22 bits per heavy atom. The van der Waals surface area contributed by atoms with Gasteiger partial charge in [0.2, 0.25) is 0 Å². The highest BCUT2D eigenvalue weighted by Gasteiger charge is 2.34. The molecule has 2 atom stereocenters. The molecule has 1 saturated heterocycles. The van der Waals surface area contributed by atoms with E-state index in [1.807, 2.05) is 54.6 Å². The zero-order valence-electron chi connectivity index (χ0n) is 32.4. The number of para-hydroxylation sites is 1. The molecule has 3 aromatic carbocycles. The topological polar surface area (TPSA) is 147 Å². The van der Waals surface area contributed by atoms with Gasteiger partial charge in [-0.3, -0.25) is 15.3 Å². The van der Waals surface area contributed by atoms with E-state index in [1.54, 1.807) is 26.2 Å². The second kappa shape index (κ2) is 25.1. The molecule has 1 fully saturated rings. The van der Waals surface area contributed by atoms with Crippen LogP contribution >= 0.6 is 0 Å². The molecule has 0 radical (unpaired) electrons. The summed E-state index contributed by atoms with van der Waals surface area (Å²) in [5, 5.41) is 16.9. The Bertz CT molecular complexity index is 1510. The Labute approximate surface area is 324 Å². The predicted octanol–water partition coefficient (Wildman–Crippen LogP) is 7.19. The Morgan fingerprint density at radius 1 is 0.745 bits per heavy atom. The molecule has 4 rings (SSSR count). The van der Waals surface area contributed by atoms with Crippen molar-refractivity contribution < 1.29 is 57.9 Å². The molecule has 1 unspecified atom stereocenters. The van der Waals surface area contributed by atoms with Gasteiger partial charge >= 0.3 is 6.09 Å². The van der Waals surface area contributed by atoms with Gasteiger partial charge in [-0.05, 0) is 67.1 Å². The third kappa shape index (κ3) is 15.9. The molecular formula is C41H58N2O12. The lowest BCUT2D eigenvalue weighted by Crippen LogP contribution is -2.47. The van der Waals surface area contributed by atoms with E-state index in [0.29, 0.717) is 90.1 Å². The van der Waals surface area contributed by atoms with E-state index in [2.05, 4.69) is 17.0 Å². The van der Waals surface area contributed by atoms with Crippen molar-refractivity contribution in [1.29, 1.82) is 0 Å². The van der Waals surface area contributed by atoms with Gasteiger partial charge in [0.1, 0.15) is 23.0 Å². The van der Waals surface area contributed by atoms with Crippen LogP contribution in [0.1, 0.15) is 67.6 Å². The van der Waals surface area contributed by atoms with E-state index in [4.69, 9.17) is 48.3 Å². The van der Waals surface area contributed by atoms with Crippen LogP contribution in [0.15, 0.2) is 66.7 Å². The maximum atomic E-state index is 13.2. The number of rotatable bonds is 26. The number of methoxy groups -OCH3 is 3. The molecule has 55 heavy (non-hydrogen) atoms. The maximum absolute atomic E-state index is 13.2. The lowest BCUT2D eigenvalue weighted by Gasteiger charge is -2.38. The number of ether oxygens (including phenoxy) is 8. The van der Waals surface area contributed by atoms with Crippen LogP contribution in [0.5, 0.6) is 23.0 Å². The number of carbonyl (C=O) groups excluding carboxylic acids is 1. The van der Waals surface area contributed by atoms with Crippen LogP contribution in [0.2, 0.25) is 0 Å². The quantitative estimate of drug-likeness (QED) is 0.0628. The minimum atomic E-state index is -0.365. The first kappa shape index (κ1) is 43.6. The minimum absolute atomic E-state index is 0.0350. The fourth-order valence-corrected chi connectivity index (χ4v) is 6.27. The summed E-state index contributed by atoms with van der Waals surface area (Å²) in [6.07, 6.45) is 4.51. The van der Waals surface area contributed by atoms with Crippen molar-refractivity contribution in [3.8, 4) is 23.0 Å². The normalized spacial score (nSPS) is 15.6. The van der Waals surface area contributed by atoms with Crippen LogP contribution in [0.25, 0.3) is 0 Å². The van der Waals surface area contributed by atoms with Crippen LogP contribution in [0.3, 0.4) is 0 Å². The summed E-state index contributed by atoms with van der Waals surface area (Å²) >= 11 is 0. The van der Waals surface area contributed by atoms with Gasteiger partial charge in [-0.1, -0.05) is 36.8 Å². The van der Waals surface area contributed by atoms with E-state index in [1.165, 1.54) is 0 Å². The van der Waals surface area contributed by atoms with E-state index in [9.17, 15) is 4.79 Å². The lowest BCUT2D eigenvalue weighted by molar-refractivity contribution is -0.492. The van der Waals surface area contributed by atoms with Crippen molar-refractivity contribution in [2.45, 2.75) is 70.2 Å². The van der Waals surface area contributed by atoms with Gasteiger partial charge in [-0.25, -0.2) is 4.79 Å². The highest BCUT2D eigenvalue weighted by atomic mass is 17.1. The van der Waals surface area contributed by atoms with E-state index in [0.717, 1.165) is 53.9 Å². The number of carbonyl (C=O) groups is 1. The first-order chi connectivity index (χ1) is 26.9. The number of hydrogen-bond donors (Lipinski definition) is 2. The standard InChI is InChI=1S/C41H58N2O12/c1-47-20-10-23-52-37-27-32(26-36(28-37)48-2)30-54-40-29-42(41(44)53-22-8-4-5-9-25-55-43(45)46)19-18-38(40)33-14-16-35(17-15-33)51-24-11-21-50-31-34-12-6-7-13-39(34)49-3/h6-7,12-17,26-28,38,40,45-46H,4-5,8-11,18-25,29-31H2,1-3H3/t38-,40?/m1/s1. The highest BCUT2D eigenvalue weighted by Crippen LogP contribution is 2.33. The van der Waals surface area contributed by atoms with Crippen LogP contribution < -0.4 is 18.9 Å². The van der Waals surface area contributed by atoms with Gasteiger partial charge in [0.25, 0.3) is 0 Å². The lowest BCUT2D eigenvalue weighted by atomic mass is 9.87. The van der Waals surface area contributed by atoms with Crippen molar-refractivity contribution in [2.75, 3.05) is 74.1 Å². The summed E-state index contributed by atoms with van der Waals surface area (Å²) in [5.74, 6) is 2.99. The zero-order chi connectivity index (χ0) is 39.1. The van der Waals surface area contributed by atoms with E-state index >= 15 is 0 Å². The molecule has 0 aromatic heterocycles. The fraction of sp³-hybridized carbons (Fsp3) is 0.537. The average molecular weight is 771 g/mol. The molecule has 14 heteroatoms. The summed E-state index contributed by atoms with van der Waals surface area (Å²) in [4.78, 5) is 19.4. The minimum Gasteiger partial charge on any atom is -0.497 e. The molecule has 0 bridgehead atoms. The third-order valence-corrected chi connectivity index (χ3v) is 9.15. The predicted molar refractivity (Wildman–Crippen MR) is 203 cm³/mol. The monoisotopic (exact) mass is 770 g/mol. The summed E-state index contributed by atoms with van der Waals surface area (Å²) in [5.41, 5.74) is 3.01. The molecule has 0 aliphatic carbocycles. The van der Waals surface area contributed by atoms with Gasteiger partial charge in [0, 0.05) is 50.7 Å². The maximum Gasteiger partial charge on any atom is 0.409 e. The van der Waals surface area contributed by atoms with Crippen molar-refractivity contribution in [2.24, 2.45) is 0 Å². The molecule has 1 aliphatic heterocycles. The van der Waals surface area contributed by atoms with Crippen LogP contribution in [0, 0.1) is 0 Å². The molecular weight excluding hydrogens is 712 g/mol. The average Bonchev–Trinajstić information content (AvgIpc) is 3.21. The first-order valence-electron chi connectivity index (χ1n) is 19.0. The first-order valence-corrected chi connectivity index (χ1v) is 19.0. The summed E-state index contributed by atoms with van der Waals surface area (Å²) < 4.78 is 46.1. The van der Waals surface area contributed by atoms with Gasteiger partial charge < -0.3 is 42.8 Å². The summed E-state index contributed by atoms with van der Waals surface area (Å²) in [6.45, 7) is 4.39. The summed E-state index contributed by atoms with van der Waals surface area (Å²) in [6, 6.07) is 21.7. The third-order valence-electron chi connectivity index (χ3n) is 9.15. The Kier molecular flexibility index (Phi) is 19.9. The Morgan fingerprint density at radius 2 is 1.47 bits per heavy atom. The van der Waals surface area contributed by atoms with Crippen molar-refractivity contribution in [3.63, 3.8) is 0 Å². The van der Waals surface area contributed by atoms with Crippen molar-refractivity contribution in [1.82, 2.24) is 10.3 Å². The molecule has 0 saturated carbocycles. The molecule has 3 aromatic rings. The fourth-order valence-electron chi connectivity index (χ4n) is 6.27. The second-order valence-electron chi connectivity index (χ2n) is 13.2. The van der Waals surface area contributed by atoms with Crippen LogP contribution in [-0.2, 0) is 37.0 Å². The van der Waals surface area contributed by atoms with E-state index < -0.39 is 0 Å². The molecule has 1 heterocycles. The van der Waals surface area contributed by atoms with Crippen molar-refractivity contribution >= 4 is 6.09 Å². The number of nitrogens with zero attached hydrogens (tertiary/aromatic N) is 2. The van der Waals surface area contributed by atoms with Crippen LogP contribution in [0.4, 0.5) is 4.79 Å². The number of benzene rings is 3.